The van der Waals surface area contributed by atoms with Crippen LogP contribution < -0.4 is 9.47 Å². The highest BCUT2D eigenvalue weighted by Gasteiger charge is 2.51. The van der Waals surface area contributed by atoms with Crippen LogP contribution in [0.3, 0.4) is 0 Å². The molecule has 2 heterocycles. The lowest BCUT2D eigenvalue weighted by atomic mass is 9.59. The van der Waals surface area contributed by atoms with E-state index in [1.807, 2.05) is 6.07 Å². The number of phenolic OH excluding ortho intramolecular Hbond substituents is 1. The average Bonchev–Trinajstić information content (AvgIpc) is 3.15. The predicted molar refractivity (Wildman–Crippen MR) is 153 cm³/mol. The lowest BCUT2D eigenvalue weighted by molar-refractivity contribution is -0.0827. The first-order chi connectivity index (χ1) is 17.5. The van der Waals surface area contributed by atoms with E-state index in [2.05, 4.69) is 87.9 Å². The number of ether oxygens (including phenoxy) is 2. The van der Waals surface area contributed by atoms with E-state index in [-0.39, 0.29) is 16.8 Å². The van der Waals surface area contributed by atoms with Gasteiger partial charge in [0.25, 0.3) is 0 Å². The maximum atomic E-state index is 10.9. The zero-order chi connectivity index (χ0) is 26.5. The van der Waals surface area contributed by atoms with Crippen LogP contribution in [0.2, 0.25) is 0 Å². The smallest absolute Gasteiger partial charge is 0.164 e. The molecule has 1 saturated carbocycles. The minimum Gasteiger partial charge on any atom is -0.504 e. The molecule has 5 heteroatoms. The lowest BCUT2D eigenvalue weighted by Crippen LogP contribution is -2.53. The Labute approximate surface area is 221 Å². The maximum Gasteiger partial charge on any atom is 0.164 e. The van der Waals surface area contributed by atoms with Crippen molar-refractivity contribution < 1.29 is 14.6 Å². The lowest BCUT2D eigenvalue weighted by Gasteiger charge is -2.53. The largest absolute Gasteiger partial charge is 0.504 e. The third-order valence-electron chi connectivity index (χ3n) is 8.77. The summed E-state index contributed by atoms with van der Waals surface area (Å²) >= 11 is 0. The second-order valence-electron chi connectivity index (χ2n) is 12.3. The first-order valence-corrected chi connectivity index (χ1v) is 13.5. The van der Waals surface area contributed by atoms with E-state index < -0.39 is 0 Å². The van der Waals surface area contributed by atoms with Gasteiger partial charge < -0.3 is 24.0 Å². The van der Waals surface area contributed by atoms with E-state index in [1.165, 1.54) is 23.8 Å². The van der Waals surface area contributed by atoms with Gasteiger partial charge in [-0.05, 0) is 105 Å². The summed E-state index contributed by atoms with van der Waals surface area (Å²) in [6.45, 7) is 7.96. The Hall–Kier alpha value is -2.92. The summed E-state index contributed by atoms with van der Waals surface area (Å²) < 4.78 is 14.6. The first kappa shape index (κ1) is 25.7. The number of aryl methyl sites for hydroxylation is 1. The standard InChI is InChI=1S/C32H42N2O3/c1-31(2)12-8-13-32(3)28(31)19-24-15-21(17-26(35)30(24)37-32)9-10-22-16-25-29(27(18-22)36-7)23(20-34(25)6)11-14-33(4)5/h9-10,15-18,20,28,35H,8,11-14,19H2,1-7H3/b10-9+/t28-,32-/m1/s1. The Morgan fingerprint density at radius 1 is 1.11 bits per heavy atom. The Balaban J connectivity index is 1.46. The van der Waals surface area contributed by atoms with Gasteiger partial charge in [-0.25, -0.2) is 0 Å². The topological polar surface area (TPSA) is 46.9 Å². The van der Waals surface area contributed by atoms with Crippen molar-refractivity contribution in [1.29, 1.82) is 0 Å². The molecule has 2 aromatic carbocycles. The van der Waals surface area contributed by atoms with Crippen molar-refractivity contribution in [1.82, 2.24) is 9.47 Å². The van der Waals surface area contributed by atoms with Crippen molar-refractivity contribution >= 4 is 23.1 Å². The fraction of sp³-hybridized carbons (Fsp3) is 0.500. The second kappa shape index (κ2) is 9.43. The number of fused-ring (bicyclic) bond motifs is 3. The molecule has 0 radical (unpaired) electrons. The van der Waals surface area contributed by atoms with Crippen LogP contribution in [0.4, 0.5) is 0 Å². The second-order valence-corrected chi connectivity index (χ2v) is 12.3. The molecule has 2 aliphatic rings. The minimum atomic E-state index is -0.212. The molecule has 0 saturated heterocycles. The molecule has 0 amide bonds. The van der Waals surface area contributed by atoms with Crippen LogP contribution in [0.15, 0.2) is 30.5 Å². The normalized spacial score (nSPS) is 22.8. The molecule has 5 nitrogen and oxygen atoms in total. The van der Waals surface area contributed by atoms with Gasteiger partial charge in [0.15, 0.2) is 11.5 Å². The van der Waals surface area contributed by atoms with Gasteiger partial charge in [0, 0.05) is 31.1 Å². The third-order valence-corrected chi connectivity index (χ3v) is 8.77. The van der Waals surface area contributed by atoms with Gasteiger partial charge in [-0.2, -0.15) is 0 Å². The van der Waals surface area contributed by atoms with Crippen LogP contribution in [0.1, 0.15) is 62.3 Å². The molecule has 1 aliphatic heterocycles. The molecule has 2 atom stereocenters. The van der Waals surface area contributed by atoms with Crippen molar-refractivity contribution in [3.8, 4) is 17.2 Å². The van der Waals surface area contributed by atoms with Gasteiger partial charge in [-0.15, -0.1) is 0 Å². The molecule has 1 aromatic heterocycles. The minimum absolute atomic E-state index is 0.212. The summed E-state index contributed by atoms with van der Waals surface area (Å²) in [5, 5.41) is 12.1. The predicted octanol–water partition coefficient (Wildman–Crippen LogP) is 6.69. The molecular weight excluding hydrogens is 460 g/mol. The Bertz CT molecular complexity index is 1350. The van der Waals surface area contributed by atoms with Crippen LogP contribution in [-0.4, -0.2) is 47.9 Å². The molecule has 198 valence electrons. The SMILES string of the molecule is COc1cc(/C=C/c2cc(O)c3c(c2)C[C@@H]2C(C)(C)CCC[C@@]2(C)O3)cc2c1c(CCN(C)C)cn2C. The van der Waals surface area contributed by atoms with Crippen molar-refractivity contribution in [3.05, 3.63) is 52.7 Å². The molecule has 1 N–H and O–H groups in total. The van der Waals surface area contributed by atoms with Crippen molar-refractivity contribution in [2.24, 2.45) is 18.4 Å². The molecule has 0 bridgehead atoms. The van der Waals surface area contributed by atoms with Gasteiger partial charge in [0.05, 0.1) is 12.6 Å². The van der Waals surface area contributed by atoms with Crippen LogP contribution in [0.25, 0.3) is 23.1 Å². The monoisotopic (exact) mass is 502 g/mol. The number of nitrogens with zero attached hydrogens (tertiary/aromatic N) is 2. The summed E-state index contributed by atoms with van der Waals surface area (Å²) in [5.74, 6) is 2.24. The average molecular weight is 503 g/mol. The van der Waals surface area contributed by atoms with Gasteiger partial charge in [0.1, 0.15) is 11.4 Å². The van der Waals surface area contributed by atoms with E-state index in [4.69, 9.17) is 9.47 Å². The van der Waals surface area contributed by atoms with Crippen LogP contribution in [0.5, 0.6) is 17.2 Å². The number of likely N-dealkylation sites (N-methyl/N-ethyl adjacent to an activating group) is 1. The summed E-state index contributed by atoms with van der Waals surface area (Å²) in [7, 11) is 8.04. The fourth-order valence-electron chi connectivity index (χ4n) is 6.77. The number of phenols is 1. The molecule has 0 spiro atoms. The fourth-order valence-corrected chi connectivity index (χ4v) is 6.77. The Kier molecular flexibility index (Phi) is 6.56. The molecular formula is C32H42N2O3. The zero-order valence-electron chi connectivity index (χ0n) is 23.5. The number of hydrogen-bond donors (Lipinski definition) is 1. The summed E-state index contributed by atoms with van der Waals surface area (Å²) in [4.78, 5) is 2.21. The van der Waals surface area contributed by atoms with Crippen LogP contribution in [-0.2, 0) is 19.9 Å². The highest BCUT2D eigenvalue weighted by Crippen LogP contribution is 2.54. The summed E-state index contributed by atoms with van der Waals surface area (Å²) in [5.41, 5.74) is 5.63. The number of rotatable bonds is 6. The van der Waals surface area contributed by atoms with Gasteiger partial charge >= 0.3 is 0 Å². The number of aromatic hydroxyl groups is 1. The number of aromatic nitrogens is 1. The molecule has 37 heavy (non-hydrogen) atoms. The van der Waals surface area contributed by atoms with E-state index in [0.717, 1.165) is 53.8 Å². The maximum absolute atomic E-state index is 10.9. The van der Waals surface area contributed by atoms with Crippen molar-refractivity contribution in [2.75, 3.05) is 27.7 Å². The Morgan fingerprint density at radius 2 is 1.84 bits per heavy atom. The Morgan fingerprint density at radius 3 is 2.54 bits per heavy atom. The van der Waals surface area contributed by atoms with Crippen LogP contribution in [0, 0.1) is 11.3 Å². The van der Waals surface area contributed by atoms with Crippen LogP contribution >= 0.6 is 0 Å². The zero-order valence-corrected chi connectivity index (χ0v) is 23.5. The molecule has 1 fully saturated rings. The third kappa shape index (κ3) is 4.74. The molecule has 3 aromatic rings. The molecule has 1 aliphatic carbocycles. The number of hydrogen-bond acceptors (Lipinski definition) is 4. The highest BCUT2D eigenvalue weighted by atomic mass is 16.5. The van der Waals surface area contributed by atoms with E-state index in [1.54, 1.807) is 7.11 Å². The summed E-state index contributed by atoms with van der Waals surface area (Å²) in [6, 6.07) is 8.33. The molecule has 0 unspecified atom stereocenters. The highest BCUT2D eigenvalue weighted by molar-refractivity contribution is 5.93. The van der Waals surface area contributed by atoms with Gasteiger partial charge in [-0.3, -0.25) is 0 Å². The van der Waals surface area contributed by atoms with Crippen molar-refractivity contribution in [2.45, 2.75) is 58.5 Å². The number of methoxy groups -OCH3 is 1. The van der Waals surface area contributed by atoms with E-state index >= 15 is 0 Å². The summed E-state index contributed by atoms with van der Waals surface area (Å²) in [6.07, 6.45) is 11.7. The number of benzene rings is 2. The van der Waals surface area contributed by atoms with E-state index in [9.17, 15) is 5.11 Å². The van der Waals surface area contributed by atoms with Crippen molar-refractivity contribution in [3.63, 3.8) is 0 Å². The first-order valence-electron chi connectivity index (χ1n) is 13.5. The quantitative estimate of drug-likeness (QED) is 0.382. The van der Waals surface area contributed by atoms with E-state index in [0.29, 0.717) is 11.7 Å². The van der Waals surface area contributed by atoms with Gasteiger partial charge in [0.2, 0.25) is 0 Å². The molecule has 5 rings (SSSR count). The van der Waals surface area contributed by atoms with Gasteiger partial charge in [-0.1, -0.05) is 26.0 Å².